The Morgan fingerprint density at radius 1 is 1.00 bits per heavy atom. The minimum Gasteiger partial charge on any atom is -0.377 e. The van der Waals surface area contributed by atoms with E-state index in [0.29, 0.717) is 26.1 Å². The molecule has 2 aromatic carbocycles. The van der Waals surface area contributed by atoms with Gasteiger partial charge in [0.05, 0.1) is 13.2 Å². The smallest absolute Gasteiger partial charge is 0.227 e. The van der Waals surface area contributed by atoms with E-state index in [1.165, 1.54) is 11.1 Å². The van der Waals surface area contributed by atoms with E-state index in [1.807, 2.05) is 36.1 Å². The lowest BCUT2D eigenvalue weighted by molar-refractivity contribution is -0.117. The minimum atomic E-state index is 0.213. The molecule has 0 spiro atoms. The number of anilines is 1. The van der Waals surface area contributed by atoms with Crippen molar-refractivity contribution in [2.45, 2.75) is 46.4 Å². The summed E-state index contributed by atoms with van der Waals surface area (Å²) in [5.41, 5.74) is 4.46. The average Bonchev–Trinajstić information content (AvgIpc) is 3.21. The lowest BCUT2D eigenvalue weighted by Gasteiger charge is -2.16. The summed E-state index contributed by atoms with van der Waals surface area (Å²) in [5, 5.41) is 6.68. The molecule has 1 fully saturated rings. The number of aliphatic imine (C=N–C) groups is 1. The van der Waals surface area contributed by atoms with Gasteiger partial charge in [0.25, 0.3) is 0 Å². The first kappa shape index (κ1) is 21.8. The van der Waals surface area contributed by atoms with Gasteiger partial charge in [-0.15, -0.1) is 0 Å². The van der Waals surface area contributed by atoms with Crippen LogP contribution in [0.1, 0.15) is 43.4 Å². The van der Waals surface area contributed by atoms with Crippen LogP contribution < -0.4 is 15.5 Å². The molecule has 0 unspecified atom stereocenters. The van der Waals surface area contributed by atoms with Crippen molar-refractivity contribution in [2.24, 2.45) is 4.99 Å². The molecule has 30 heavy (non-hydrogen) atoms. The molecule has 6 nitrogen and oxygen atoms in total. The molecule has 2 aromatic rings. The van der Waals surface area contributed by atoms with Gasteiger partial charge in [0.15, 0.2) is 5.96 Å². The van der Waals surface area contributed by atoms with Crippen LogP contribution >= 0.6 is 0 Å². The highest BCUT2D eigenvalue weighted by Gasteiger charge is 2.21. The fraction of sp³-hybridized carbons (Fsp3) is 0.417. The molecule has 1 aliphatic heterocycles. The number of hydrogen-bond donors (Lipinski definition) is 2. The molecule has 6 heteroatoms. The van der Waals surface area contributed by atoms with Crippen LogP contribution in [0.2, 0.25) is 0 Å². The molecule has 0 aromatic heterocycles. The van der Waals surface area contributed by atoms with Gasteiger partial charge in [0.2, 0.25) is 5.91 Å². The van der Waals surface area contributed by atoms with E-state index in [0.717, 1.165) is 43.3 Å². The lowest BCUT2D eigenvalue weighted by atomic mass is 10.1. The molecule has 1 saturated heterocycles. The Bertz CT molecular complexity index is 831. The zero-order valence-corrected chi connectivity index (χ0v) is 18.0. The third-order valence-corrected chi connectivity index (χ3v) is 5.04. The van der Waals surface area contributed by atoms with Crippen LogP contribution in [0, 0.1) is 0 Å². The van der Waals surface area contributed by atoms with Gasteiger partial charge in [-0.3, -0.25) is 4.79 Å². The van der Waals surface area contributed by atoms with Gasteiger partial charge in [-0.25, -0.2) is 4.99 Å². The van der Waals surface area contributed by atoms with E-state index < -0.39 is 0 Å². The summed E-state index contributed by atoms with van der Waals surface area (Å²) in [6.45, 7) is 8.34. The van der Waals surface area contributed by atoms with Crippen LogP contribution in [0.5, 0.6) is 0 Å². The lowest BCUT2D eigenvalue weighted by Crippen LogP contribution is -2.36. The molecule has 3 rings (SSSR count). The number of nitrogens with zero attached hydrogens (tertiary/aromatic N) is 2. The van der Waals surface area contributed by atoms with Crippen LogP contribution in [0.15, 0.2) is 53.5 Å². The molecule has 0 atom stereocenters. The number of carbonyl (C=O) groups excluding carboxylic acids is 1. The van der Waals surface area contributed by atoms with E-state index in [4.69, 9.17) is 9.73 Å². The number of rotatable bonds is 9. The van der Waals surface area contributed by atoms with Crippen molar-refractivity contribution < 1.29 is 9.53 Å². The second kappa shape index (κ2) is 11.4. The highest BCUT2D eigenvalue weighted by Crippen LogP contribution is 2.21. The molecule has 1 amide bonds. The number of carbonyl (C=O) groups is 1. The summed E-state index contributed by atoms with van der Waals surface area (Å²) in [5.74, 6) is 1.00. The summed E-state index contributed by atoms with van der Waals surface area (Å²) >= 11 is 0. The molecule has 0 aliphatic carbocycles. The molecule has 1 heterocycles. The van der Waals surface area contributed by atoms with Gasteiger partial charge in [-0.2, -0.15) is 0 Å². The second-order valence-corrected chi connectivity index (χ2v) is 7.32. The zero-order chi connectivity index (χ0) is 21.2. The fourth-order valence-corrected chi connectivity index (χ4v) is 3.37. The van der Waals surface area contributed by atoms with E-state index in [-0.39, 0.29) is 5.91 Å². The van der Waals surface area contributed by atoms with Crippen LogP contribution in [0.4, 0.5) is 5.69 Å². The number of amides is 1. The minimum absolute atomic E-state index is 0.213. The van der Waals surface area contributed by atoms with Gasteiger partial charge in [-0.05, 0) is 49.1 Å². The van der Waals surface area contributed by atoms with Crippen molar-refractivity contribution in [3.8, 4) is 0 Å². The van der Waals surface area contributed by atoms with Crippen LogP contribution in [-0.2, 0) is 29.2 Å². The van der Waals surface area contributed by atoms with E-state index >= 15 is 0 Å². The zero-order valence-electron chi connectivity index (χ0n) is 18.0. The Kier molecular flexibility index (Phi) is 8.27. The maximum Gasteiger partial charge on any atom is 0.227 e. The van der Waals surface area contributed by atoms with Gasteiger partial charge >= 0.3 is 0 Å². The fourth-order valence-electron chi connectivity index (χ4n) is 3.37. The second-order valence-electron chi connectivity index (χ2n) is 7.32. The van der Waals surface area contributed by atoms with Gasteiger partial charge in [0.1, 0.15) is 0 Å². The molecule has 0 saturated carbocycles. The van der Waals surface area contributed by atoms with Crippen molar-refractivity contribution in [1.29, 1.82) is 0 Å². The molecular weight excluding hydrogens is 376 g/mol. The topological polar surface area (TPSA) is 66.0 Å². The number of benzene rings is 2. The third kappa shape index (κ3) is 6.32. The highest BCUT2D eigenvalue weighted by molar-refractivity contribution is 5.95. The van der Waals surface area contributed by atoms with Crippen molar-refractivity contribution in [1.82, 2.24) is 10.6 Å². The van der Waals surface area contributed by atoms with Crippen molar-refractivity contribution in [3.63, 3.8) is 0 Å². The van der Waals surface area contributed by atoms with Gasteiger partial charge in [0, 0.05) is 38.3 Å². The summed E-state index contributed by atoms with van der Waals surface area (Å²) in [6, 6.07) is 16.5. The summed E-state index contributed by atoms with van der Waals surface area (Å²) in [6.07, 6.45) is 1.59. The Balaban J connectivity index is 1.54. The Morgan fingerprint density at radius 2 is 1.70 bits per heavy atom. The molecule has 160 valence electrons. The van der Waals surface area contributed by atoms with Crippen LogP contribution in [0.3, 0.4) is 0 Å². The number of guanidine groups is 1. The van der Waals surface area contributed by atoms with E-state index in [9.17, 15) is 4.79 Å². The first-order chi connectivity index (χ1) is 14.7. The molecule has 2 N–H and O–H groups in total. The number of ether oxygens (including phenoxy) is 1. The Labute approximate surface area is 179 Å². The quantitative estimate of drug-likeness (QED) is 0.491. The first-order valence-electron chi connectivity index (χ1n) is 10.8. The Morgan fingerprint density at radius 3 is 2.33 bits per heavy atom. The standard InChI is InChI=1S/C24H32N4O2/c1-3-25-24(26-16-19-7-9-21(10-8-19)18-30-4-2)27-17-20-11-13-22(14-12-20)28-15-5-6-23(28)29/h7-14H,3-6,15-18H2,1-2H3,(H2,25,26,27). The van der Waals surface area contributed by atoms with E-state index in [2.05, 4.69) is 41.8 Å². The molecular formula is C24H32N4O2. The predicted molar refractivity (Wildman–Crippen MR) is 121 cm³/mol. The maximum absolute atomic E-state index is 11.9. The maximum atomic E-state index is 11.9. The molecule has 0 bridgehead atoms. The largest absolute Gasteiger partial charge is 0.377 e. The Hall–Kier alpha value is -2.86. The van der Waals surface area contributed by atoms with Crippen molar-refractivity contribution >= 4 is 17.6 Å². The number of nitrogens with one attached hydrogen (secondary N) is 2. The van der Waals surface area contributed by atoms with Gasteiger partial charge < -0.3 is 20.3 Å². The van der Waals surface area contributed by atoms with Gasteiger partial charge in [-0.1, -0.05) is 36.4 Å². The highest BCUT2D eigenvalue weighted by atomic mass is 16.5. The summed E-state index contributed by atoms with van der Waals surface area (Å²) < 4.78 is 5.44. The van der Waals surface area contributed by atoms with Crippen LogP contribution in [-0.4, -0.2) is 31.6 Å². The molecule has 0 radical (unpaired) electrons. The van der Waals surface area contributed by atoms with E-state index in [1.54, 1.807) is 0 Å². The monoisotopic (exact) mass is 408 g/mol. The summed E-state index contributed by atoms with van der Waals surface area (Å²) in [4.78, 5) is 18.4. The number of hydrogen-bond acceptors (Lipinski definition) is 3. The van der Waals surface area contributed by atoms with Crippen LogP contribution in [0.25, 0.3) is 0 Å². The third-order valence-electron chi connectivity index (χ3n) is 5.04. The normalized spacial score (nSPS) is 14.3. The predicted octanol–water partition coefficient (Wildman–Crippen LogP) is 3.61. The van der Waals surface area contributed by atoms with Crippen molar-refractivity contribution in [2.75, 3.05) is 24.6 Å². The molecule has 1 aliphatic rings. The average molecular weight is 409 g/mol. The van der Waals surface area contributed by atoms with Crippen molar-refractivity contribution in [3.05, 3.63) is 65.2 Å². The SMILES string of the molecule is CCNC(=NCc1ccc(N2CCCC2=O)cc1)NCc1ccc(COCC)cc1. The first-order valence-corrected chi connectivity index (χ1v) is 10.8. The summed E-state index contributed by atoms with van der Waals surface area (Å²) in [7, 11) is 0.